The van der Waals surface area contributed by atoms with Crippen LogP contribution < -0.4 is 11.1 Å². The standard InChI is InChI=1S/C19H22N2O/c20-18(12-9-14-5-2-1-3-6-14)19(22)21-17-11-10-15-7-4-8-16(15)13-17/h1-3,5-6,10-11,13,18H,4,7-9,12,20H2,(H,21,22)/t18-/m1/s1. The predicted octanol–water partition coefficient (Wildman–Crippen LogP) is 3.07. The molecule has 0 saturated heterocycles. The van der Waals surface area contributed by atoms with Crippen molar-refractivity contribution in [2.45, 2.75) is 38.1 Å². The average molecular weight is 294 g/mol. The SMILES string of the molecule is N[C@H](CCc1ccccc1)C(=O)Nc1ccc2c(c1)CCC2. The van der Waals surface area contributed by atoms with Crippen LogP contribution in [0.2, 0.25) is 0 Å². The van der Waals surface area contributed by atoms with Crippen LogP contribution in [0, 0.1) is 0 Å². The molecule has 114 valence electrons. The van der Waals surface area contributed by atoms with Gasteiger partial charge in [0.05, 0.1) is 6.04 Å². The maximum absolute atomic E-state index is 12.2. The second-order valence-corrected chi connectivity index (χ2v) is 5.96. The van der Waals surface area contributed by atoms with Gasteiger partial charge in [0.2, 0.25) is 5.91 Å². The largest absolute Gasteiger partial charge is 0.325 e. The van der Waals surface area contributed by atoms with Gasteiger partial charge < -0.3 is 11.1 Å². The van der Waals surface area contributed by atoms with Crippen LogP contribution in [0.15, 0.2) is 48.5 Å². The first-order valence-corrected chi connectivity index (χ1v) is 7.94. The highest BCUT2D eigenvalue weighted by atomic mass is 16.2. The average Bonchev–Trinajstić information content (AvgIpc) is 3.01. The van der Waals surface area contributed by atoms with Crippen molar-refractivity contribution in [2.75, 3.05) is 5.32 Å². The topological polar surface area (TPSA) is 55.1 Å². The van der Waals surface area contributed by atoms with Crippen molar-refractivity contribution in [3.8, 4) is 0 Å². The normalized spacial score (nSPS) is 14.4. The molecular formula is C19H22N2O. The van der Waals surface area contributed by atoms with E-state index in [1.807, 2.05) is 24.3 Å². The molecule has 0 heterocycles. The Hall–Kier alpha value is -2.13. The molecule has 0 aliphatic heterocycles. The van der Waals surface area contributed by atoms with Crippen LogP contribution in [0.3, 0.4) is 0 Å². The van der Waals surface area contributed by atoms with Gasteiger partial charge in [0.15, 0.2) is 0 Å². The van der Waals surface area contributed by atoms with E-state index in [-0.39, 0.29) is 5.91 Å². The van der Waals surface area contributed by atoms with E-state index in [1.54, 1.807) is 0 Å². The van der Waals surface area contributed by atoms with Crippen molar-refractivity contribution in [3.05, 3.63) is 65.2 Å². The summed E-state index contributed by atoms with van der Waals surface area (Å²) in [6.45, 7) is 0. The number of carbonyl (C=O) groups excluding carboxylic acids is 1. The molecule has 2 aromatic rings. The number of nitrogens with one attached hydrogen (secondary N) is 1. The molecule has 22 heavy (non-hydrogen) atoms. The fourth-order valence-electron chi connectivity index (χ4n) is 2.98. The van der Waals surface area contributed by atoms with Crippen molar-refractivity contribution in [2.24, 2.45) is 5.73 Å². The summed E-state index contributed by atoms with van der Waals surface area (Å²) in [6.07, 6.45) is 4.95. The van der Waals surface area contributed by atoms with E-state index in [2.05, 4.69) is 29.6 Å². The summed E-state index contributed by atoms with van der Waals surface area (Å²) in [4.78, 5) is 12.2. The quantitative estimate of drug-likeness (QED) is 0.890. The molecule has 0 bridgehead atoms. The zero-order chi connectivity index (χ0) is 15.4. The molecule has 3 heteroatoms. The number of nitrogens with two attached hydrogens (primary N) is 1. The van der Waals surface area contributed by atoms with E-state index in [1.165, 1.54) is 23.1 Å². The summed E-state index contributed by atoms with van der Waals surface area (Å²) in [7, 11) is 0. The molecule has 2 aromatic carbocycles. The summed E-state index contributed by atoms with van der Waals surface area (Å²) < 4.78 is 0. The summed E-state index contributed by atoms with van der Waals surface area (Å²) in [6, 6.07) is 15.8. The zero-order valence-electron chi connectivity index (χ0n) is 12.7. The maximum atomic E-state index is 12.2. The van der Waals surface area contributed by atoms with Gasteiger partial charge in [0.25, 0.3) is 0 Å². The van der Waals surface area contributed by atoms with Gasteiger partial charge in [-0.25, -0.2) is 0 Å². The second-order valence-electron chi connectivity index (χ2n) is 5.96. The first-order valence-electron chi connectivity index (χ1n) is 7.94. The number of carbonyl (C=O) groups is 1. The Morgan fingerprint density at radius 3 is 2.68 bits per heavy atom. The molecule has 0 spiro atoms. The molecule has 1 amide bonds. The van der Waals surface area contributed by atoms with E-state index in [9.17, 15) is 4.79 Å². The van der Waals surface area contributed by atoms with Gasteiger partial charge >= 0.3 is 0 Å². The second kappa shape index (κ2) is 6.75. The van der Waals surface area contributed by atoms with Gasteiger partial charge in [0.1, 0.15) is 0 Å². The third-order valence-corrected chi connectivity index (χ3v) is 4.29. The van der Waals surface area contributed by atoms with Gasteiger partial charge in [0, 0.05) is 5.69 Å². The lowest BCUT2D eigenvalue weighted by Gasteiger charge is -2.13. The monoisotopic (exact) mass is 294 g/mol. The first kappa shape index (κ1) is 14.8. The Morgan fingerprint density at radius 1 is 1.09 bits per heavy atom. The lowest BCUT2D eigenvalue weighted by molar-refractivity contribution is -0.117. The Balaban J connectivity index is 1.55. The van der Waals surface area contributed by atoms with Crippen LogP contribution in [0.5, 0.6) is 0 Å². The highest BCUT2D eigenvalue weighted by Gasteiger charge is 2.15. The molecule has 0 aromatic heterocycles. The fraction of sp³-hybridized carbons (Fsp3) is 0.316. The molecule has 0 radical (unpaired) electrons. The van der Waals surface area contributed by atoms with E-state index in [4.69, 9.17) is 5.73 Å². The van der Waals surface area contributed by atoms with Crippen molar-refractivity contribution < 1.29 is 4.79 Å². The fourth-order valence-corrected chi connectivity index (χ4v) is 2.98. The molecule has 1 aliphatic carbocycles. The Labute approximate surface area is 131 Å². The van der Waals surface area contributed by atoms with E-state index in [0.717, 1.165) is 24.9 Å². The number of rotatable bonds is 5. The van der Waals surface area contributed by atoms with Crippen LogP contribution in [-0.2, 0) is 24.1 Å². The van der Waals surface area contributed by atoms with Crippen molar-refractivity contribution in [1.29, 1.82) is 0 Å². The van der Waals surface area contributed by atoms with E-state index < -0.39 is 6.04 Å². The Morgan fingerprint density at radius 2 is 1.86 bits per heavy atom. The molecule has 1 atom stereocenters. The van der Waals surface area contributed by atoms with Crippen LogP contribution in [0.1, 0.15) is 29.5 Å². The van der Waals surface area contributed by atoms with Gasteiger partial charge in [-0.3, -0.25) is 4.79 Å². The lowest BCUT2D eigenvalue weighted by atomic mass is 10.0. The van der Waals surface area contributed by atoms with Gasteiger partial charge in [-0.1, -0.05) is 36.4 Å². The number of fused-ring (bicyclic) bond motifs is 1. The lowest BCUT2D eigenvalue weighted by Crippen LogP contribution is -2.36. The minimum absolute atomic E-state index is 0.103. The highest BCUT2D eigenvalue weighted by Crippen LogP contribution is 2.24. The molecule has 1 aliphatic rings. The van der Waals surface area contributed by atoms with Crippen molar-refractivity contribution in [3.63, 3.8) is 0 Å². The highest BCUT2D eigenvalue weighted by molar-refractivity contribution is 5.94. The minimum atomic E-state index is -0.478. The molecule has 0 saturated carbocycles. The molecule has 0 unspecified atom stereocenters. The molecule has 3 N–H and O–H groups in total. The zero-order valence-corrected chi connectivity index (χ0v) is 12.7. The van der Waals surface area contributed by atoms with E-state index >= 15 is 0 Å². The maximum Gasteiger partial charge on any atom is 0.241 e. The van der Waals surface area contributed by atoms with Crippen LogP contribution in [0.4, 0.5) is 5.69 Å². The van der Waals surface area contributed by atoms with Crippen LogP contribution in [0.25, 0.3) is 0 Å². The predicted molar refractivity (Wildman–Crippen MR) is 89.8 cm³/mol. The third kappa shape index (κ3) is 3.55. The molecule has 0 fully saturated rings. The van der Waals surface area contributed by atoms with Crippen LogP contribution >= 0.6 is 0 Å². The Bertz CT molecular complexity index is 652. The van der Waals surface area contributed by atoms with Crippen LogP contribution in [-0.4, -0.2) is 11.9 Å². The number of benzene rings is 2. The van der Waals surface area contributed by atoms with Gasteiger partial charge in [-0.2, -0.15) is 0 Å². The number of hydrogen-bond donors (Lipinski definition) is 2. The number of hydrogen-bond acceptors (Lipinski definition) is 2. The third-order valence-electron chi connectivity index (χ3n) is 4.29. The summed E-state index contributed by atoms with van der Waals surface area (Å²) in [5.74, 6) is -0.103. The van der Waals surface area contributed by atoms with Crippen molar-refractivity contribution >= 4 is 11.6 Å². The summed E-state index contributed by atoms with van der Waals surface area (Å²) in [5, 5.41) is 2.94. The van der Waals surface area contributed by atoms with Gasteiger partial charge in [-0.15, -0.1) is 0 Å². The number of anilines is 1. The summed E-state index contributed by atoms with van der Waals surface area (Å²) in [5.41, 5.74) is 10.9. The molecule has 3 nitrogen and oxygen atoms in total. The molecule has 3 rings (SSSR count). The Kier molecular flexibility index (Phi) is 4.54. The smallest absolute Gasteiger partial charge is 0.241 e. The number of aryl methyl sites for hydroxylation is 3. The van der Waals surface area contributed by atoms with Gasteiger partial charge in [-0.05, 0) is 60.9 Å². The molecular weight excluding hydrogens is 272 g/mol. The number of amides is 1. The van der Waals surface area contributed by atoms with E-state index in [0.29, 0.717) is 6.42 Å². The van der Waals surface area contributed by atoms with Crippen molar-refractivity contribution in [1.82, 2.24) is 0 Å². The first-order chi connectivity index (χ1) is 10.7. The summed E-state index contributed by atoms with van der Waals surface area (Å²) >= 11 is 0. The minimum Gasteiger partial charge on any atom is -0.325 e.